The zero-order valence-corrected chi connectivity index (χ0v) is 8.72. The second-order valence-corrected chi connectivity index (χ2v) is 2.12. The van der Waals surface area contributed by atoms with Crippen LogP contribution in [0.5, 0.6) is 0 Å². The maximum Gasteiger partial charge on any atom is 0.0288 e. The lowest BCUT2D eigenvalue weighted by Crippen LogP contribution is -2.22. The van der Waals surface area contributed by atoms with Crippen LogP contribution in [0.25, 0.3) is 0 Å². The van der Waals surface area contributed by atoms with Gasteiger partial charge in [-0.05, 0) is 19.5 Å². The molecule has 1 heteroatoms. The zero-order chi connectivity index (χ0) is 9.98. The molecule has 1 N–H and O–H groups in total. The van der Waals surface area contributed by atoms with Gasteiger partial charge in [-0.15, -0.1) is 0 Å². The number of hydrogen-bond donors (Lipinski definition) is 1. The van der Waals surface area contributed by atoms with E-state index >= 15 is 0 Å². The van der Waals surface area contributed by atoms with Crippen molar-refractivity contribution in [2.75, 3.05) is 7.05 Å². The lowest BCUT2D eigenvalue weighted by atomic mass is 10.1. The Morgan fingerprint density at radius 3 is 2.08 bits per heavy atom. The van der Waals surface area contributed by atoms with Crippen LogP contribution < -0.4 is 5.32 Å². The quantitative estimate of drug-likeness (QED) is 0.635. The summed E-state index contributed by atoms with van der Waals surface area (Å²) in [6.45, 7) is 13.4. The summed E-state index contributed by atoms with van der Waals surface area (Å²) in [7, 11) is 1.92. The molecule has 0 spiro atoms. The van der Waals surface area contributed by atoms with Gasteiger partial charge in [-0.2, -0.15) is 0 Å². The fourth-order valence-corrected chi connectivity index (χ4v) is 0.692. The van der Waals surface area contributed by atoms with Crippen molar-refractivity contribution in [3.63, 3.8) is 0 Å². The molecule has 0 fully saturated rings. The minimum atomic E-state index is 0.357. The van der Waals surface area contributed by atoms with Crippen molar-refractivity contribution >= 4 is 0 Å². The molecular formula is C11H21N. The number of rotatable bonds is 4. The van der Waals surface area contributed by atoms with Crippen LogP contribution >= 0.6 is 0 Å². The van der Waals surface area contributed by atoms with Crippen LogP contribution in [0.2, 0.25) is 0 Å². The average Bonchev–Trinajstić information content (AvgIpc) is 2.16. The molecule has 1 nitrogen and oxygen atoms in total. The average molecular weight is 167 g/mol. The van der Waals surface area contributed by atoms with E-state index in [1.54, 1.807) is 6.08 Å². The molecular weight excluding hydrogens is 146 g/mol. The minimum Gasteiger partial charge on any atom is -0.313 e. The fourth-order valence-electron chi connectivity index (χ4n) is 0.692. The molecule has 0 aliphatic carbocycles. The lowest BCUT2D eigenvalue weighted by Gasteiger charge is -2.09. The van der Waals surface area contributed by atoms with E-state index in [1.807, 2.05) is 33.0 Å². The van der Waals surface area contributed by atoms with Crippen LogP contribution in [0.1, 0.15) is 20.8 Å². The predicted molar refractivity (Wildman–Crippen MR) is 58.3 cm³/mol. The third-order valence-corrected chi connectivity index (χ3v) is 1.48. The second-order valence-electron chi connectivity index (χ2n) is 2.12. The Balaban J connectivity index is 0. The highest BCUT2D eigenvalue weighted by atomic mass is 14.9. The smallest absolute Gasteiger partial charge is 0.0288 e. The summed E-state index contributed by atoms with van der Waals surface area (Å²) < 4.78 is 0. The summed E-state index contributed by atoms with van der Waals surface area (Å²) in [5.74, 6) is 0. The summed E-state index contributed by atoms with van der Waals surface area (Å²) in [6, 6.07) is 0.357. The van der Waals surface area contributed by atoms with Crippen LogP contribution in [0, 0.1) is 0 Å². The predicted octanol–water partition coefficient (Wildman–Crippen LogP) is 2.92. The topological polar surface area (TPSA) is 12.0 Å². The summed E-state index contributed by atoms with van der Waals surface area (Å²) in [5.41, 5.74) is 1.16. The van der Waals surface area contributed by atoms with Gasteiger partial charge in [-0.3, -0.25) is 0 Å². The molecule has 0 aromatic heterocycles. The summed E-state index contributed by atoms with van der Waals surface area (Å²) in [4.78, 5) is 0. The van der Waals surface area contributed by atoms with Gasteiger partial charge in [-0.25, -0.2) is 0 Å². The maximum absolute atomic E-state index is 3.69. The Kier molecular flexibility index (Phi) is 11.7. The van der Waals surface area contributed by atoms with Crippen molar-refractivity contribution < 1.29 is 0 Å². The van der Waals surface area contributed by atoms with Crippen molar-refractivity contribution in [1.29, 1.82) is 0 Å². The molecule has 0 bridgehead atoms. The van der Waals surface area contributed by atoms with Gasteiger partial charge in [0.15, 0.2) is 0 Å². The number of likely N-dealkylation sites (N-methyl/N-ethyl adjacent to an activating group) is 1. The van der Waals surface area contributed by atoms with Crippen molar-refractivity contribution in [3.8, 4) is 0 Å². The van der Waals surface area contributed by atoms with Gasteiger partial charge >= 0.3 is 0 Å². The summed E-state index contributed by atoms with van der Waals surface area (Å²) in [6.07, 6.45) is 5.56. The van der Waals surface area contributed by atoms with Crippen LogP contribution in [0.3, 0.4) is 0 Å². The van der Waals surface area contributed by atoms with E-state index in [1.165, 1.54) is 0 Å². The lowest BCUT2D eigenvalue weighted by molar-refractivity contribution is 0.706. The van der Waals surface area contributed by atoms with Crippen LogP contribution in [-0.2, 0) is 0 Å². The van der Waals surface area contributed by atoms with Crippen LogP contribution in [0.4, 0.5) is 0 Å². The molecule has 0 rings (SSSR count). The van der Waals surface area contributed by atoms with Crippen molar-refractivity contribution in [3.05, 3.63) is 37.0 Å². The Hall–Kier alpha value is -0.820. The third kappa shape index (κ3) is 5.93. The summed E-state index contributed by atoms with van der Waals surface area (Å²) >= 11 is 0. The molecule has 0 aliphatic heterocycles. The van der Waals surface area contributed by atoms with E-state index in [4.69, 9.17) is 0 Å². The van der Waals surface area contributed by atoms with Gasteiger partial charge in [0.25, 0.3) is 0 Å². The van der Waals surface area contributed by atoms with E-state index in [2.05, 4.69) is 25.4 Å². The normalized spacial score (nSPS) is 12.5. The second kappa shape index (κ2) is 10.2. The van der Waals surface area contributed by atoms with Gasteiger partial charge in [0.2, 0.25) is 0 Å². The van der Waals surface area contributed by atoms with Gasteiger partial charge in [0, 0.05) is 6.04 Å². The highest BCUT2D eigenvalue weighted by molar-refractivity contribution is 5.25. The standard InChI is InChI=1S/C9H15N.C2H6/c1-5-7-9(6-2)8(3)10-4;1-2/h5-8,10H,1-2H2,3-4H3;1-2H3/b9-7+;. The molecule has 0 saturated carbocycles. The number of nitrogens with one attached hydrogen (secondary N) is 1. The first-order valence-corrected chi connectivity index (χ1v) is 4.38. The fraction of sp³-hybridized carbons (Fsp3) is 0.455. The Bertz CT molecular complexity index is 145. The largest absolute Gasteiger partial charge is 0.313 e. The van der Waals surface area contributed by atoms with E-state index in [0.717, 1.165) is 5.57 Å². The molecule has 0 aliphatic rings. The Morgan fingerprint density at radius 1 is 1.33 bits per heavy atom. The number of hydrogen-bond acceptors (Lipinski definition) is 1. The molecule has 12 heavy (non-hydrogen) atoms. The summed E-state index contributed by atoms with van der Waals surface area (Å²) in [5, 5.41) is 3.11. The van der Waals surface area contributed by atoms with Gasteiger partial charge in [0.05, 0.1) is 0 Å². The highest BCUT2D eigenvalue weighted by Crippen LogP contribution is 2.01. The molecule has 0 saturated heterocycles. The van der Waals surface area contributed by atoms with Gasteiger partial charge in [-0.1, -0.05) is 45.2 Å². The monoisotopic (exact) mass is 167 g/mol. The number of allylic oxidation sites excluding steroid dienone is 2. The Labute approximate surface area is 76.9 Å². The Morgan fingerprint density at radius 2 is 1.83 bits per heavy atom. The van der Waals surface area contributed by atoms with E-state index in [0.29, 0.717) is 6.04 Å². The zero-order valence-electron chi connectivity index (χ0n) is 8.72. The molecule has 0 aromatic carbocycles. The SMILES string of the molecule is C=C/C=C(\C=C)C(C)NC.CC. The first-order valence-electron chi connectivity index (χ1n) is 4.38. The van der Waals surface area contributed by atoms with Gasteiger partial charge < -0.3 is 5.32 Å². The molecule has 1 unspecified atom stereocenters. The molecule has 70 valence electrons. The first-order chi connectivity index (χ1) is 5.76. The molecule has 0 aromatic rings. The molecule has 0 heterocycles. The van der Waals surface area contributed by atoms with E-state index in [-0.39, 0.29) is 0 Å². The first kappa shape index (κ1) is 13.7. The minimum absolute atomic E-state index is 0.357. The molecule has 0 radical (unpaired) electrons. The van der Waals surface area contributed by atoms with E-state index in [9.17, 15) is 0 Å². The molecule has 0 amide bonds. The third-order valence-electron chi connectivity index (χ3n) is 1.48. The van der Waals surface area contributed by atoms with Crippen molar-refractivity contribution in [1.82, 2.24) is 5.32 Å². The van der Waals surface area contributed by atoms with Crippen LogP contribution in [-0.4, -0.2) is 13.1 Å². The molecule has 1 atom stereocenters. The van der Waals surface area contributed by atoms with Crippen molar-refractivity contribution in [2.45, 2.75) is 26.8 Å². The van der Waals surface area contributed by atoms with E-state index < -0.39 is 0 Å². The van der Waals surface area contributed by atoms with Crippen LogP contribution in [0.15, 0.2) is 37.0 Å². The van der Waals surface area contributed by atoms with Crippen molar-refractivity contribution in [2.24, 2.45) is 0 Å². The maximum atomic E-state index is 3.69. The highest BCUT2D eigenvalue weighted by Gasteiger charge is 1.98. The van der Waals surface area contributed by atoms with Gasteiger partial charge in [0.1, 0.15) is 0 Å².